The zero-order valence-electron chi connectivity index (χ0n) is 11.5. The van der Waals surface area contributed by atoms with Gasteiger partial charge in [0, 0.05) is 18.7 Å². The van der Waals surface area contributed by atoms with Crippen molar-refractivity contribution in [3.05, 3.63) is 28.3 Å². The van der Waals surface area contributed by atoms with Crippen molar-refractivity contribution >= 4 is 27.4 Å². The van der Waals surface area contributed by atoms with Crippen molar-refractivity contribution in [2.24, 2.45) is 0 Å². The summed E-state index contributed by atoms with van der Waals surface area (Å²) in [5.41, 5.74) is 0.0983. The standard InChI is InChI=1S/C13H17ClO5S/c1-8(4-5-19-3)20(17,18)12-7-10(14)6-11(9(12)2)13(15)16/h6-8H,4-5H2,1-3H3,(H,15,16). The summed E-state index contributed by atoms with van der Waals surface area (Å²) in [5.74, 6) is -1.20. The van der Waals surface area contributed by atoms with Crippen LogP contribution in [0.25, 0.3) is 0 Å². The molecule has 0 bridgehead atoms. The maximum atomic E-state index is 12.5. The van der Waals surface area contributed by atoms with Crippen LogP contribution < -0.4 is 0 Å². The van der Waals surface area contributed by atoms with Gasteiger partial charge in [0.05, 0.1) is 15.7 Å². The predicted octanol–water partition coefficient (Wildman–Crippen LogP) is 2.55. The van der Waals surface area contributed by atoms with E-state index in [-0.39, 0.29) is 21.0 Å². The summed E-state index contributed by atoms with van der Waals surface area (Å²) >= 11 is 5.83. The van der Waals surface area contributed by atoms with Gasteiger partial charge in [-0.15, -0.1) is 0 Å². The van der Waals surface area contributed by atoms with E-state index in [1.807, 2.05) is 0 Å². The van der Waals surface area contributed by atoms with Crippen LogP contribution in [-0.4, -0.2) is 38.5 Å². The summed E-state index contributed by atoms with van der Waals surface area (Å²) in [6, 6.07) is 2.54. The summed E-state index contributed by atoms with van der Waals surface area (Å²) in [5, 5.41) is 8.50. The maximum Gasteiger partial charge on any atom is 0.336 e. The number of ether oxygens (including phenoxy) is 1. The lowest BCUT2D eigenvalue weighted by molar-refractivity contribution is 0.0696. The minimum atomic E-state index is -3.65. The van der Waals surface area contributed by atoms with E-state index in [0.29, 0.717) is 13.0 Å². The summed E-state index contributed by atoms with van der Waals surface area (Å²) in [4.78, 5) is 11.1. The molecule has 1 atom stereocenters. The van der Waals surface area contributed by atoms with E-state index in [1.165, 1.54) is 26.2 Å². The van der Waals surface area contributed by atoms with E-state index in [2.05, 4.69) is 0 Å². The molecular formula is C13H17ClO5S. The van der Waals surface area contributed by atoms with Crippen molar-refractivity contribution in [2.45, 2.75) is 30.4 Å². The second-order valence-electron chi connectivity index (χ2n) is 4.52. The largest absolute Gasteiger partial charge is 0.478 e. The van der Waals surface area contributed by atoms with Crippen molar-refractivity contribution in [3.63, 3.8) is 0 Å². The smallest absolute Gasteiger partial charge is 0.336 e. The fourth-order valence-electron chi connectivity index (χ4n) is 1.83. The van der Waals surface area contributed by atoms with Crippen LogP contribution in [-0.2, 0) is 14.6 Å². The summed E-state index contributed by atoms with van der Waals surface area (Å²) < 4.78 is 29.8. The Labute approximate surface area is 123 Å². The molecule has 1 rings (SSSR count). The van der Waals surface area contributed by atoms with Crippen LogP contribution in [0.15, 0.2) is 17.0 Å². The zero-order valence-corrected chi connectivity index (χ0v) is 13.1. The van der Waals surface area contributed by atoms with E-state index in [1.54, 1.807) is 6.92 Å². The van der Waals surface area contributed by atoms with E-state index in [9.17, 15) is 13.2 Å². The van der Waals surface area contributed by atoms with Crippen LogP contribution in [0, 0.1) is 6.92 Å². The van der Waals surface area contributed by atoms with Crippen molar-refractivity contribution < 1.29 is 23.1 Å². The normalized spacial score (nSPS) is 13.2. The summed E-state index contributed by atoms with van der Waals surface area (Å²) in [6.07, 6.45) is 0.327. The third-order valence-corrected chi connectivity index (χ3v) is 5.67. The van der Waals surface area contributed by atoms with Crippen LogP contribution in [0.3, 0.4) is 0 Å². The molecule has 0 heterocycles. The van der Waals surface area contributed by atoms with Gasteiger partial charge in [-0.1, -0.05) is 11.6 Å². The quantitative estimate of drug-likeness (QED) is 0.871. The Balaban J connectivity index is 3.35. The van der Waals surface area contributed by atoms with Gasteiger partial charge in [0.15, 0.2) is 9.84 Å². The van der Waals surface area contributed by atoms with E-state index < -0.39 is 21.1 Å². The number of carbonyl (C=O) groups is 1. The average molecular weight is 321 g/mol. The lowest BCUT2D eigenvalue weighted by Gasteiger charge is -2.16. The SMILES string of the molecule is COCCC(C)S(=O)(=O)c1cc(Cl)cc(C(=O)O)c1C. The van der Waals surface area contributed by atoms with Gasteiger partial charge in [-0.05, 0) is 38.0 Å². The first kappa shape index (κ1) is 16.9. The number of carboxylic acids is 1. The van der Waals surface area contributed by atoms with Crippen LogP contribution in [0.5, 0.6) is 0 Å². The Kier molecular flexibility index (Phi) is 5.56. The van der Waals surface area contributed by atoms with Crippen molar-refractivity contribution in [3.8, 4) is 0 Å². The highest BCUT2D eigenvalue weighted by atomic mass is 35.5. The van der Waals surface area contributed by atoms with Crippen molar-refractivity contribution in [1.29, 1.82) is 0 Å². The summed E-state index contributed by atoms with van der Waals surface area (Å²) in [6.45, 7) is 3.34. The van der Waals surface area contributed by atoms with Crippen LogP contribution in [0.1, 0.15) is 29.3 Å². The molecule has 1 aromatic rings. The first-order chi connectivity index (χ1) is 9.21. The molecule has 0 aliphatic heterocycles. The second-order valence-corrected chi connectivity index (χ2v) is 7.29. The number of carboxylic acid groups (broad SMARTS) is 1. The molecule has 20 heavy (non-hydrogen) atoms. The second kappa shape index (κ2) is 6.56. The van der Waals surface area contributed by atoms with E-state index in [0.717, 1.165) is 0 Å². The number of hydrogen-bond acceptors (Lipinski definition) is 4. The Morgan fingerprint density at radius 3 is 2.55 bits per heavy atom. The fourth-order valence-corrected chi connectivity index (χ4v) is 3.78. The number of benzene rings is 1. The number of aromatic carboxylic acids is 1. The molecule has 7 heteroatoms. The first-order valence-corrected chi connectivity index (χ1v) is 7.90. The highest BCUT2D eigenvalue weighted by Gasteiger charge is 2.27. The Morgan fingerprint density at radius 2 is 2.05 bits per heavy atom. The van der Waals surface area contributed by atoms with Gasteiger partial charge in [-0.3, -0.25) is 0 Å². The lowest BCUT2D eigenvalue weighted by Crippen LogP contribution is -2.21. The molecule has 0 fully saturated rings. The molecule has 1 aromatic carbocycles. The van der Waals surface area contributed by atoms with E-state index >= 15 is 0 Å². The molecule has 112 valence electrons. The lowest BCUT2D eigenvalue weighted by atomic mass is 10.1. The monoisotopic (exact) mass is 320 g/mol. The van der Waals surface area contributed by atoms with Gasteiger partial charge >= 0.3 is 5.97 Å². The van der Waals surface area contributed by atoms with Gasteiger partial charge < -0.3 is 9.84 Å². The van der Waals surface area contributed by atoms with Crippen LogP contribution in [0.2, 0.25) is 5.02 Å². The van der Waals surface area contributed by atoms with Gasteiger partial charge in [-0.2, -0.15) is 0 Å². The van der Waals surface area contributed by atoms with Crippen LogP contribution >= 0.6 is 11.6 Å². The zero-order chi connectivity index (χ0) is 15.5. The first-order valence-electron chi connectivity index (χ1n) is 5.98. The third-order valence-electron chi connectivity index (χ3n) is 3.12. The minimum Gasteiger partial charge on any atom is -0.478 e. The molecule has 0 aliphatic rings. The molecule has 0 spiro atoms. The highest BCUT2D eigenvalue weighted by molar-refractivity contribution is 7.92. The van der Waals surface area contributed by atoms with Gasteiger partial charge in [-0.25, -0.2) is 13.2 Å². The topological polar surface area (TPSA) is 80.7 Å². The molecule has 1 N–H and O–H groups in total. The molecule has 1 unspecified atom stereocenters. The number of sulfone groups is 1. The molecule has 0 saturated carbocycles. The molecule has 0 aliphatic carbocycles. The van der Waals surface area contributed by atoms with Gasteiger partial charge in [0.25, 0.3) is 0 Å². The number of rotatable bonds is 6. The molecule has 0 radical (unpaired) electrons. The molecule has 0 aromatic heterocycles. The molecule has 0 saturated heterocycles. The predicted molar refractivity (Wildman–Crippen MR) is 76.3 cm³/mol. The minimum absolute atomic E-state index is 0.0361. The Morgan fingerprint density at radius 1 is 1.45 bits per heavy atom. The highest BCUT2D eigenvalue weighted by Crippen LogP contribution is 2.28. The van der Waals surface area contributed by atoms with E-state index in [4.69, 9.17) is 21.4 Å². The Bertz CT molecular complexity index is 609. The maximum absolute atomic E-state index is 12.5. The number of hydrogen-bond donors (Lipinski definition) is 1. The molecule has 0 amide bonds. The van der Waals surface area contributed by atoms with Crippen molar-refractivity contribution in [1.82, 2.24) is 0 Å². The number of halogens is 1. The number of methoxy groups -OCH3 is 1. The van der Waals surface area contributed by atoms with Crippen LogP contribution in [0.4, 0.5) is 0 Å². The average Bonchev–Trinajstić information content (AvgIpc) is 2.37. The molecule has 5 nitrogen and oxygen atoms in total. The van der Waals surface area contributed by atoms with Gasteiger partial charge in [0.1, 0.15) is 0 Å². The third kappa shape index (κ3) is 3.50. The van der Waals surface area contributed by atoms with Crippen molar-refractivity contribution in [2.75, 3.05) is 13.7 Å². The fraction of sp³-hybridized carbons (Fsp3) is 0.462. The summed E-state index contributed by atoms with van der Waals surface area (Å²) in [7, 11) is -2.16. The Hall–Kier alpha value is -1.11. The molecular weight excluding hydrogens is 304 g/mol. The van der Waals surface area contributed by atoms with Gasteiger partial charge in [0.2, 0.25) is 0 Å².